The summed E-state index contributed by atoms with van der Waals surface area (Å²) in [6.07, 6.45) is 1.70. The van der Waals surface area contributed by atoms with E-state index in [9.17, 15) is 14.4 Å². The molecule has 1 heterocycles. The minimum atomic E-state index is -0.873. The Morgan fingerprint density at radius 2 is 2.08 bits per heavy atom. The Morgan fingerprint density at radius 1 is 1.46 bits per heavy atom. The molecule has 0 unspecified atom stereocenters. The fraction of sp³-hybridized carbons (Fsp3) is 0.375. The van der Waals surface area contributed by atoms with E-state index in [-0.39, 0.29) is 0 Å². The smallest absolute Gasteiger partial charge is 0.304 e. The number of carbonyl (C=O) groups is 3. The van der Waals surface area contributed by atoms with Gasteiger partial charge in [-0.05, 0) is 6.08 Å². The van der Waals surface area contributed by atoms with Gasteiger partial charge in [-0.3, -0.25) is 14.4 Å². The lowest BCUT2D eigenvalue weighted by molar-refractivity contribution is -0.160. The number of esters is 1. The molecule has 0 bridgehead atoms. The van der Waals surface area contributed by atoms with Crippen LogP contribution in [0.15, 0.2) is 12.2 Å². The highest BCUT2D eigenvalue weighted by Gasteiger charge is 2.31. The first kappa shape index (κ1) is 9.44. The predicted octanol–water partition coefficient (Wildman–Crippen LogP) is -0.180. The first-order valence-corrected chi connectivity index (χ1v) is 3.71. The van der Waals surface area contributed by atoms with E-state index in [0.29, 0.717) is 0 Å². The molecule has 1 atom stereocenters. The van der Waals surface area contributed by atoms with Gasteiger partial charge in [0.1, 0.15) is 0 Å². The van der Waals surface area contributed by atoms with Crippen LogP contribution in [-0.2, 0) is 19.1 Å². The van der Waals surface area contributed by atoms with Crippen molar-refractivity contribution in [1.29, 1.82) is 0 Å². The van der Waals surface area contributed by atoms with E-state index in [1.807, 2.05) is 0 Å². The largest absolute Gasteiger partial charge is 0.437 e. The van der Waals surface area contributed by atoms with Gasteiger partial charge in [0.2, 0.25) is 12.1 Å². The summed E-state index contributed by atoms with van der Waals surface area (Å²) in [6, 6.07) is 0. The van der Waals surface area contributed by atoms with E-state index in [1.165, 1.54) is 26.0 Å². The topological polar surface area (TPSA) is 63.7 Å². The molecule has 2 amide bonds. The number of nitrogens with zero attached hydrogens (tertiary/aromatic N) is 1. The van der Waals surface area contributed by atoms with Crippen molar-refractivity contribution < 1.29 is 19.1 Å². The van der Waals surface area contributed by atoms with Gasteiger partial charge in [0.25, 0.3) is 5.91 Å². The van der Waals surface area contributed by atoms with Crippen LogP contribution in [-0.4, -0.2) is 28.9 Å². The van der Waals surface area contributed by atoms with E-state index < -0.39 is 24.0 Å². The highest BCUT2D eigenvalue weighted by Crippen LogP contribution is 2.12. The van der Waals surface area contributed by atoms with Crippen LogP contribution in [0.2, 0.25) is 0 Å². The average molecular weight is 183 g/mol. The zero-order chi connectivity index (χ0) is 10.0. The highest BCUT2D eigenvalue weighted by atomic mass is 16.6. The molecule has 0 radical (unpaired) electrons. The number of ether oxygens (including phenoxy) is 1. The van der Waals surface area contributed by atoms with Crippen molar-refractivity contribution in [3.05, 3.63) is 12.2 Å². The lowest BCUT2D eigenvalue weighted by Gasteiger charge is -2.20. The molecule has 5 nitrogen and oxygen atoms in total. The molecule has 0 aromatic heterocycles. The molecule has 1 aliphatic rings. The van der Waals surface area contributed by atoms with Crippen molar-refractivity contribution in [1.82, 2.24) is 4.90 Å². The van der Waals surface area contributed by atoms with Gasteiger partial charge >= 0.3 is 5.97 Å². The number of hydrogen-bond donors (Lipinski definition) is 0. The number of imide groups is 1. The van der Waals surface area contributed by atoms with Crippen LogP contribution in [0.5, 0.6) is 0 Å². The Labute approximate surface area is 75.0 Å². The molecular weight excluding hydrogens is 174 g/mol. The Hall–Kier alpha value is -1.65. The molecule has 0 saturated heterocycles. The molecule has 0 aromatic rings. The van der Waals surface area contributed by atoms with Gasteiger partial charge in [-0.25, -0.2) is 4.90 Å². The molecule has 1 aliphatic heterocycles. The maximum absolute atomic E-state index is 11.0. The van der Waals surface area contributed by atoms with Crippen LogP contribution in [0.4, 0.5) is 0 Å². The molecular formula is C8H9NO4. The van der Waals surface area contributed by atoms with Crippen LogP contribution in [0.3, 0.4) is 0 Å². The highest BCUT2D eigenvalue weighted by molar-refractivity contribution is 6.02. The van der Waals surface area contributed by atoms with Crippen LogP contribution >= 0.6 is 0 Å². The zero-order valence-electron chi connectivity index (χ0n) is 7.31. The molecule has 70 valence electrons. The van der Waals surface area contributed by atoms with E-state index in [2.05, 4.69) is 0 Å². The first-order chi connectivity index (χ1) is 6.02. The first-order valence-electron chi connectivity index (χ1n) is 3.71. The molecule has 0 aliphatic carbocycles. The summed E-state index contributed by atoms with van der Waals surface area (Å²) in [6.45, 7) is 2.45. The Bertz CT molecular complexity index is 295. The summed E-state index contributed by atoms with van der Waals surface area (Å²) in [5, 5.41) is 0. The Balaban J connectivity index is 2.75. The van der Waals surface area contributed by atoms with Crippen molar-refractivity contribution >= 4 is 17.8 Å². The zero-order valence-corrected chi connectivity index (χ0v) is 7.31. The Morgan fingerprint density at radius 3 is 2.54 bits per heavy atom. The summed E-state index contributed by atoms with van der Waals surface area (Å²) < 4.78 is 4.71. The average Bonchev–Trinajstić information content (AvgIpc) is 2.30. The number of amides is 2. The van der Waals surface area contributed by atoms with E-state index >= 15 is 0 Å². The fourth-order valence-corrected chi connectivity index (χ4v) is 1.05. The maximum atomic E-state index is 11.0. The summed E-state index contributed by atoms with van der Waals surface area (Å²) >= 11 is 0. The minimum Gasteiger partial charge on any atom is -0.437 e. The lowest BCUT2D eigenvalue weighted by atomic mass is 10.5. The van der Waals surface area contributed by atoms with Crippen molar-refractivity contribution in [3.8, 4) is 0 Å². The molecule has 13 heavy (non-hydrogen) atoms. The SMILES string of the molecule is CC(=O)O[C@@H]1C=CC(=O)N1C(C)=O. The lowest BCUT2D eigenvalue weighted by Crippen LogP contribution is -2.40. The van der Waals surface area contributed by atoms with Crippen molar-refractivity contribution in [2.24, 2.45) is 0 Å². The van der Waals surface area contributed by atoms with Crippen LogP contribution in [0, 0.1) is 0 Å². The molecule has 0 spiro atoms. The quantitative estimate of drug-likeness (QED) is 0.529. The van der Waals surface area contributed by atoms with Crippen molar-refractivity contribution in [2.75, 3.05) is 0 Å². The third kappa shape index (κ3) is 1.93. The summed E-state index contributed by atoms with van der Waals surface area (Å²) in [7, 11) is 0. The van der Waals surface area contributed by atoms with E-state index in [4.69, 9.17) is 4.74 Å². The molecule has 0 saturated carbocycles. The molecule has 0 N–H and O–H groups in total. The van der Waals surface area contributed by atoms with Gasteiger partial charge in [-0.2, -0.15) is 0 Å². The van der Waals surface area contributed by atoms with Crippen LogP contribution in [0.25, 0.3) is 0 Å². The second-order valence-electron chi connectivity index (χ2n) is 2.59. The third-order valence-corrected chi connectivity index (χ3v) is 1.52. The normalized spacial score (nSPS) is 20.6. The van der Waals surface area contributed by atoms with Crippen molar-refractivity contribution in [2.45, 2.75) is 20.1 Å². The van der Waals surface area contributed by atoms with E-state index in [1.54, 1.807) is 0 Å². The molecule has 0 aromatic carbocycles. The van der Waals surface area contributed by atoms with Crippen LogP contribution in [0.1, 0.15) is 13.8 Å². The van der Waals surface area contributed by atoms with Crippen molar-refractivity contribution in [3.63, 3.8) is 0 Å². The van der Waals surface area contributed by atoms with Gasteiger partial charge < -0.3 is 4.74 Å². The second-order valence-corrected chi connectivity index (χ2v) is 2.59. The number of rotatable bonds is 1. The predicted molar refractivity (Wildman–Crippen MR) is 42.2 cm³/mol. The van der Waals surface area contributed by atoms with Gasteiger partial charge in [-0.15, -0.1) is 0 Å². The Kier molecular flexibility index (Phi) is 2.46. The minimum absolute atomic E-state index is 0.443. The van der Waals surface area contributed by atoms with Gasteiger partial charge in [0.05, 0.1) is 0 Å². The van der Waals surface area contributed by atoms with Gasteiger partial charge in [0.15, 0.2) is 0 Å². The maximum Gasteiger partial charge on any atom is 0.304 e. The fourth-order valence-electron chi connectivity index (χ4n) is 1.05. The van der Waals surface area contributed by atoms with E-state index in [0.717, 1.165) is 4.90 Å². The summed E-state index contributed by atoms with van der Waals surface area (Å²) in [5.74, 6) is -1.43. The molecule has 5 heteroatoms. The number of carbonyl (C=O) groups excluding carboxylic acids is 3. The third-order valence-electron chi connectivity index (χ3n) is 1.52. The monoisotopic (exact) mass is 183 g/mol. The molecule has 0 fully saturated rings. The standard InChI is InChI=1S/C8H9NO4/c1-5(10)9-7(12)3-4-8(9)13-6(2)11/h3-4,8H,1-2H3/t8-/m1/s1. The second kappa shape index (κ2) is 3.38. The van der Waals surface area contributed by atoms with Gasteiger partial charge in [-0.1, -0.05) is 0 Å². The number of hydrogen-bond acceptors (Lipinski definition) is 4. The summed E-state index contributed by atoms with van der Waals surface area (Å²) in [5.41, 5.74) is 0. The van der Waals surface area contributed by atoms with Crippen LogP contribution < -0.4 is 0 Å². The summed E-state index contributed by atoms with van der Waals surface area (Å²) in [4.78, 5) is 33.4. The molecule has 1 rings (SSSR count). The van der Waals surface area contributed by atoms with Gasteiger partial charge in [0, 0.05) is 19.9 Å².